The number of carbonyl (C=O) groups excluding carboxylic acids is 2. The molecule has 2 aliphatic rings. The van der Waals surface area contributed by atoms with Crippen LogP contribution in [0.1, 0.15) is 25.3 Å². The van der Waals surface area contributed by atoms with Gasteiger partial charge in [-0.1, -0.05) is 23.7 Å². The second-order valence-electron chi connectivity index (χ2n) is 6.80. The first kappa shape index (κ1) is 18.6. The van der Waals surface area contributed by atoms with Crippen LogP contribution >= 0.6 is 11.6 Å². The summed E-state index contributed by atoms with van der Waals surface area (Å²) in [7, 11) is 0. The number of carbonyl (C=O) groups is 2. The molecule has 0 bridgehead atoms. The van der Waals surface area contributed by atoms with E-state index in [0.717, 1.165) is 25.9 Å². The maximum atomic E-state index is 13.3. The molecule has 1 fully saturated rings. The van der Waals surface area contributed by atoms with Gasteiger partial charge in [0.2, 0.25) is 0 Å². The first-order valence-electron chi connectivity index (χ1n) is 9.47. The monoisotopic (exact) mass is 396 g/mol. The van der Waals surface area contributed by atoms with Crippen LogP contribution in [0.15, 0.2) is 54.2 Å². The van der Waals surface area contributed by atoms with Crippen LogP contribution in [-0.4, -0.2) is 36.4 Å². The number of rotatable bonds is 5. The highest BCUT2D eigenvalue weighted by atomic mass is 35.5. The van der Waals surface area contributed by atoms with E-state index in [2.05, 4.69) is 0 Å². The molecule has 0 radical (unpaired) electrons. The van der Waals surface area contributed by atoms with Crippen molar-refractivity contribution >= 4 is 34.7 Å². The Kier molecular flexibility index (Phi) is 5.09. The molecule has 5 nitrogen and oxygen atoms in total. The van der Waals surface area contributed by atoms with E-state index in [1.165, 1.54) is 4.90 Å². The summed E-state index contributed by atoms with van der Waals surface area (Å²) in [6, 6.07) is 14.1. The van der Waals surface area contributed by atoms with Gasteiger partial charge in [-0.25, -0.2) is 4.90 Å². The molecule has 2 amide bonds. The topological polar surface area (TPSA) is 49.9 Å². The molecule has 0 saturated carbocycles. The van der Waals surface area contributed by atoms with Crippen LogP contribution in [0.25, 0.3) is 5.57 Å². The quantitative estimate of drug-likeness (QED) is 0.713. The lowest BCUT2D eigenvalue weighted by atomic mass is 10.0. The van der Waals surface area contributed by atoms with Gasteiger partial charge in [0.1, 0.15) is 11.4 Å². The van der Waals surface area contributed by atoms with Crippen molar-refractivity contribution < 1.29 is 14.3 Å². The lowest BCUT2D eigenvalue weighted by molar-refractivity contribution is -0.120. The van der Waals surface area contributed by atoms with Gasteiger partial charge in [0, 0.05) is 18.1 Å². The van der Waals surface area contributed by atoms with E-state index in [-0.39, 0.29) is 11.8 Å². The molecule has 0 spiro atoms. The smallest absolute Gasteiger partial charge is 0.282 e. The van der Waals surface area contributed by atoms with Gasteiger partial charge >= 0.3 is 0 Å². The van der Waals surface area contributed by atoms with Crippen molar-refractivity contribution in [3.05, 3.63) is 64.8 Å². The molecule has 0 aromatic heterocycles. The Labute approximate surface area is 169 Å². The van der Waals surface area contributed by atoms with Gasteiger partial charge < -0.3 is 9.64 Å². The molecular formula is C22H21ClN2O3. The zero-order valence-corrected chi connectivity index (χ0v) is 16.4. The molecule has 2 aliphatic heterocycles. The minimum Gasteiger partial charge on any atom is -0.494 e. The molecule has 0 atom stereocenters. The fourth-order valence-electron chi connectivity index (χ4n) is 3.72. The predicted molar refractivity (Wildman–Crippen MR) is 109 cm³/mol. The van der Waals surface area contributed by atoms with Gasteiger partial charge in [-0.05, 0) is 61.7 Å². The Morgan fingerprint density at radius 3 is 2.18 bits per heavy atom. The number of benzene rings is 2. The summed E-state index contributed by atoms with van der Waals surface area (Å²) in [6.45, 7) is 4.03. The van der Waals surface area contributed by atoms with Crippen molar-refractivity contribution in [2.75, 3.05) is 24.6 Å². The molecule has 2 aromatic rings. The Morgan fingerprint density at radius 2 is 1.57 bits per heavy atom. The normalized spacial score (nSPS) is 17.1. The van der Waals surface area contributed by atoms with Gasteiger partial charge in [0.25, 0.3) is 11.8 Å². The van der Waals surface area contributed by atoms with E-state index in [4.69, 9.17) is 16.3 Å². The van der Waals surface area contributed by atoms with Crippen LogP contribution in [0, 0.1) is 0 Å². The average Bonchev–Trinajstić information content (AvgIpc) is 3.30. The van der Waals surface area contributed by atoms with E-state index in [9.17, 15) is 9.59 Å². The Hall–Kier alpha value is -2.79. The number of likely N-dealkylation sites (tertiary alicyclic amines) is 1. The van der Waals surface area contributed by atoms with E-state index in [1.54, 1.807) is 48.5 Å². The van der Waals surface area contributed by atoms with Crippen LogP contribution < -0.4 is 9.64 Å². The van der Waals surface area contributed by atoms with E-state index in [1.807, 2.05) is 11.8 Å². The average molecular weight is 397 g/mol. The van der Waals surface area contributed by atoms with Gasteiger partial charge in [0.05, 0.1) is 17.9 Å². The Morgan fingerprint density at radius 1 is 0.929 bits per heavy atom. The van der Waals surface area contributed by atoms with Crippen LogP contribution in [0.2, 0.25) is 5.02 Å². The molecule has 0 aliphatic carbocycles. The van der Waals surface area contributed by atoms with Gasteiger partial charge in [-0.3, -0.25) is 9.59 Å². The van der Waals surface area contributed by atoms with Crippen LogP contribution in [0.5, 0.6) is 5.75 Å². The van der Waals surface area contributed by atoms with Crippen LogP contribution in [0.3, 0.4) is 0 Å². The summed E-state index contributed by atoms with van der Waals surface area (Å²) < 4.78 is 5.46. The molecule has 144 valence electrons. The number of hydrogen-bond donors (Lipinski definition) is 0. The minimum absolute atomic E-state index is 0.277. The van der Waals surface area contributed by atoms with Crippen molar-refractivity contribution in [2.24, 2.45) is 0 Å². The molecule has 6 heteroatoms. The molecule has 4 rings (SSSR count). The third kappa shape index (κ3) is 3.27. The standard InChI is InChI=1S/C22H21ClN2O3/c1-2-28-18-11-9-17(10-12-18)25-21(26)19(15-5-7-16(23)8-6-15)20(22(25)27)24-13-3-4-14-24/h5-12H,2-4,13-14H2,1H3. The van der Waals surface area contributed by atoms with E-state index >= 15 is 0 Å². The molecule has 2 aromatic carbocycles. The van der Waals surface area contributed by atoms with Crippen molar-refractivity contribution in [1.82, 2.24) is 4.90 Å². The van der Waals surface area contributed by atoms with Crippen LogP contribution in [0.4, 0.5) is 5.69 Å². The van der Waals surface area contributed by atoms with Gasteiger partial charge in [0.15, 0.2) is 0 Å². The molecule has 0 N–H and O–H groups in total. The zero-order valence-electron chi connectivity index (χ0n) is 15.7. The lowest BCUT2D eigenvalue weighted by Crippen LogP contribution is -2.34. The Balaban J connectivity index is 1.75. The third-order valence-corrected chi connectivity index (χ3v) is 5.27. The molecule has 28 heavy (non-hydrogen) atoms. The lowest BCUT2D eigenvalue weighted by Gasteiger charge is -2.20. The highest BCUT2D eigenvalue weighted by molar-refractivity contribution is 6.45. The highest BCUT2D eigenvalue weighted by Gasteiger charge is 2.42. The predicted octanol–water partition coefficient (Wildman–Crippen LogP) is 4.12. The molecule has 1 saturated heterocycles. The van der Waals surface area contributed by atoms with Crippen molar-refractivity contribution in [3.8, 4) is 5.75 Å². The summed E-state index contributed by atoms with van der Waals surface area (Å²) in [4.78, 5) is 29.9. The van der Waals surface area contributed by atoms with Crippen molar-refractivity contribution in [1.29, 1.82) is 0 Å². The van der Waals surface area contributed by atoms with Gasteiger partial charge in [-0.2, -0.15) is 0 Å². The summed E-state index contributed by atoms with van der Waals surface area (Å²) in [5, 5.41) is 0.590. The highest BCUT2D eigenvalue weighted by Crippen LogP contribution is 2.36. The summed E-state index contributed by atoms with van der Waals surface area (Å²) in [5.74, 6) is 0.121. The maximum Gasteiger partial charge on any atom is 0.282 e. The summed E-state index contributed by atoms with van der Waals surface area (Å²) in [5.41, 5.74) is 2.17. The van der Waals surface area contributed by atoms with Crippen LogP contribution in [-0.2, 0) is 9.59 Å². The fraction of sp³-hybridized carbons (Fsp3) is 0.273. The number of nitrogens with zero attached hydrogens (tertiary/aromatic N) is 2. The van der Waals surface area contributed by atoms with E-state index in [0.29, 0.717) is 39.9 Å². The largest absolute Gasteiger partial charge is 0.494 e. The molecule has 0 unspecified atom stereocenters. The summed E-state index contributed by atoms with van der Waals surface area (Å²) >= 11 is 6.01. The van der Waals surface area contributed by atoms with Crippen molar-refractivity contribution in [3.63, 3.8) is 0 Å². The third-order valence-electron chi connectivity index (χ3n) is 5.02. The Bertz CT molecular complexity index is 929. The first-order chi connectivity index (χ1) is 13.6. The number of hydrogen-bond acceptors (Lipinski definition) is 4. The van der Waals surface area contributed by atoms with Gasteiger partial charge in [-0.15, -0.1) is 0 Å². The minimum atomic E-state index is -0.307. The number of halogens is 1. The number of anilines is 1. The number of imide groups is 1. The second kappa shape index (κ2) is 7.68. The SMILES string of the molecule is CCOc1ccc(N2C(=O)C(c3ccc(Cl)cc3)=C(N3CCCC3)C2=O)cc1. The van der Waals surface area contributed by atoms with Crippen molar-refractivity contribution in [2.45, 2.75) is 19.8 Å². The number of ether oxygens (including phenoxy) is 1. The van der Waals surface area contributed by atoms with E-state index < -0.39 is 0 Å². The zero-order chi connectivity index (χ0) is 19.7. The maximum absolute atomic E-state index is 13.3. The second-order valence-corrected chi connectivity index (χ2v) is 7.23. The molecule has 2 heterocycles. The number of amides is 2. The molecular weight excluding hydrogens is 376 g/mol. The summed E-state index contributed by atoms with van der Waals surface area (Å²) in [6.07, 6.45) is 2.03. The fourth-order valence-corrected chi connectivity index (χ4v) is 3.85. The first-order valence-corrected chi connectivity index (χ1v) is 9.84.